The number of aromatic nitrogens is 3. The van der Waals surface area contributed by atoms with Gasteiger partial charge in [-0.05, 0) is 38.0 Å². The number of rotatable bonds is 2. The van der Waals surface area contributed by atoms with Crippen LogP contribution in [0.1, 0.15) is 57.1 Å². The molecule has 3 aromatic rings. The second kappa shape index (κ2) is 6.36. The SMILES string of the molecule is CCn1c(=O)c2ccc(Br)cc2n2nc(C3CCCCCC3)cc12. The normalized spacial score (nSPS) is 16.8. The van der Waals surface area contributed by atoms with Gasteiger partial charge in [0.2, 0.25) is 0 Å². The Morgan fingerprint density at radius 1 is 1.17 bits per heavy atom. The van der Waals surface area contributed by atoms with Crippen molar-refractivity contribution in [2.45, 2.75) is 57.9 Å². The van der Waals surface area contributed by atoms with E-state index < -0.39 is 0 Å². The van der Waals surface area contributed by atoms with Crippen molar-refractivity contribution in [3.8, 4) is 0 Å². The molecule has 0 atom stereocenters. The van der Waals surface area contributed by atoms with Gasteiger partial charge >= 0.3 is 0 Å². The lowest BCUT2D eigenvalue weighted by Gasteiger charge is -2.09. The molecule has 0 unspecified atom stereocenters. The fourth-order valence-electron chi connectivity index (χ4n) is 3.95. The first-order valence-corrected chi connectivity index (χ1v) is 9.70. The zero-order valence-electron chi connectivity index (χ0n) is 14.0. The van der Waals surface area contributed by atoms with E-state index in [4.69, 9.17) is 5.10 Å². The summed E-state index contributed by atoms with van der Waals surface area (Å²) >= 11 is 3.52. The van der Waals surface area contributed by atoms with Gasteiger partial charge in [-0.25, -0.2) is 4.52 Å². The fraction of sp³-hybridized carbons (Fsp3) is 0.474. The highest BCUT2D eigenvalue weighted by Gasteiger charge is 2.20. The molecule has 4 nitrogen and oxygen atoms in total. The fourth-order valence-corrected chi connectivity index (χ4v) is 4.30. The van der Waals surface area contributed by atoms with Crippen molar-refractivity contribution in [3.63, 3.8) is 0 Å². The van der Waals surface area contributed by atoms with Crippen LogP contribution in [0.4, 0.5) is 0 Å². The van der Waals surface area contributed by atoms with E-state index in [0.717, 1.165) is 26.7 Å². The summed E-state index contributed by atoms with van der Waals surface area (Å²) in [7, 11) is 0. The van der Waals surface area contributed by atoms with E-state index in [1.54, 1.807) is 0 Å². The van der Waals surface area contributed by atoms with Crippen molar-refractivity contribution in [3.05, 3.63) is 44.8 Å². The van der Waals surface area contributed by atoms with Gasteiger partial charge in [-0.2, -0.15) is 5.10 Å². The van der Waals surface area contributed by atoms with Gasteiger partial charge < -0.3 is 0 Å². The summed E-state index contributed by atoms with van der Waals surface area (Å²) in [5.74, 6) is 0.523. The Balaban J connectivity index is 1.98. The Morgan fingerprint density at radius 3 is 2.62 bits per heavy atom. The van der Waals surface area contributed by atoms with Crippen LogP contribution in [0.2, 0.25) is 0 Å². The van der Waals surface area contributed by atoms with E-state index in [-0.39, 0.29) is 5.56 Å². The van der Waals surface area contributed by atoms with Crippen LogP contribution in [0.5, 0.6) is 0 Å². The molecule has 0 amide bonds. The highest BCUT2D eigenvalue weighted by atomic mass is 79.9. The van der Waals surface area contributed by atoms with Crippen LogP contribution in [0.3, 0.4) is 0 Å². The standard InChI is InChI=1S/C19H22BrN3O/c1-2-22-18-12-16(13-7-5-3-4-6-8-13)21-23(18)17-11-14(20)9-10-15(17)19(22)24/h9-13H,2-8H2,1H3. The Hall–Kier alpha value is -1.62. The van der Waals surface area contributed by atoms with Gasteiger partial charge in [0.15, 0.2) is 0 Å². The molecule has 0 radical (unpaired) electrons. The molecule has 0 spiro atoms. The van der Waals surface area contributed by atoms with Crippen LogP contribution in [-0.4, -0.2) is 14.2 Å². The molecule has 4 rings (SSSR count). The second-order valence-corrected chi connectivity index (χ2v) is 7.65. The van der Waals surface area contributed by atoms with E-state index in [9.17, 15) is 4.79 Å². The summed E-state index contributed by atoms with van der Waals surface area (Å²) in [5.41, 5.74) is 3.01. The summed E-state index contributed by atoms with van der Waals surface area (Å²) in [4.78, 5) is 12.8. The van der Waals surface area contributed by atoms with Crippen LogP contribution in [0, 0.1) is 0 Å². The van der Waals surface area contributed by atoms with Crippen molar-refractivity contribution in [1.82, 2.24) is 14.2 Å². The Morgan fingerprint density at radius 2 is 1.92 bits per heavy atom. The Labute approximate surface area is 149 Å². The first kappa shape index (κ1) is 15.9. The molecule has 2 heterocycles. The summed E-state index contributed by atoms with van der Waals surface area (Å²) in [6, 6.07) is 7.94. The van der Waals surface area contributed by atoms with E-state index in [1.165, 1.54) is 38.5 Å². The number of fused-ring (bicyclic) bond motifs is 3. The van der Waals surface area contributed by atoms with Crippen molar-refractivity contribution < 1.29 is 0 Å². The molecule has 1 aliphatic carbocycles. The van der Waals surface area contributed by atoms with Crippen LogP contribution in [0.25, 0.3) is 16.6 Å². The van der Waals surface area contributed by atoms with E-state index in [2.05, 4.69) is 22.0 Å². The first-order chi connectivity index (χ1) is 11.7. The third-order valence-corrected chi connectivity index (χ3v) is 5.73. The van der Waals surface area contributed by atoms with Crippen molar-refractivity contribution in [2.24, 2.45) is 0 Å². The van der Waals surface area contributed by atoms with E-state index in [0.29, 0.717) is 12.5 Å². The molecule has 0 saturated heterocycles. The molecule has 2 aromatic heterocycles. The highest BCUT2D eigenvalue weighted by molar-refractivity contribution is 9.10. The third kappa shape index (κ3) is 2.59. The van der Waals surface area contributed by atoms with E-state index in [1.807, 2.05) is 34.2 Å². The number of hydrogen-bond donors (Lipinski definition) is 0. The number of benzene rings is 1. The number of halogens is 1. The predicted octanol–water partition coefficient (Wildman–Crippen LogP) is 4.87. The third-order valence-electron chi connectivity index (χ3n) is 5.24. The Kier molecular flexibility index (Phi) is 4.21. The minimum atomic E-state index is 0.0693. The molecule has 1 saturated carbocycles. The van der Waals surface area contributed by atoms with Gasteiger partial charge in [-0.15, -0.1) is 0 Å². The lowest BCUT2D eigenvalue weighted by Crippen LogP contribution is -2.22. The molecule has 1 fully saturated rings. The lowest BCUT2D eigenvalue weighted by atomic mass is 9.97. The molecule has 1 aliphatic rings. The van der Waals surface area contributed by atoms with Gasteiger partial charge in [-0.3, -0.25) is 9.36 Å². The van der Waals surface area contributed by atoms with Gasteiger partial charge in [-0.1, -0.05) is 41.6 Å². The zero-order valence-corrected chi connectivity index (χ0v) is 15.6. The van der Waals surface area contributed by atoms with Gasteiger partial charge in [0.25, 0.3) is 5.56 Å². The zero-order chi connectivity index (χ0) is 16.7. The summed E-state index contributed by atoms with van der Waals surface area (Å²) in [6.07, 6.45) is 7.65. The smallest absolute Gasteiger partial charge is 0.261 e. The molecular weight excluding hydrogens is 366 g/mol. The second-order valence-electron chi connectivity index (χ2n) is 6.74. The van der Waals surface area contributed by atoms with Crippen molar-refractivity contribution >= 4 is 32.5 Å². The monoisotopic (exact) mass is 387 g/mol. The van der Waals surface area contributed by atoms with Gasteiger partial charge in [0, 0.05) is 23.0 Å². The topological polar surface area (TPSA) is 39.3 Å². The van der Waals surface area contributed by atoms with Gasteiger partial charge in [0.05, 0.1) is 16.6 Å². The average Bonchev–Trinajstić information content (AvgIpc) is 2.83. The highest BCUT2D eigenvalue weighted by Crippen LogP contribution is 2.32. The van der Waals surface area contributed by atoms with Crippen LogP contribution in [-0.2, 0) is 6.54 Å². The molecule has 0 aliphatic heterocycles. The van der Waals surface area contributed by atoms with Crippen molar-refractivity contribution in [1.29, 1.82) is 0 Å². The maximum Gasteiger partial charge on any atom is 0.261 e. The first-order valence-electron chi connectivity index (χ1n) is 8.91. The summed E-state index contributed by atoms with van der Waals surface area (Å²) < 4.78 is 4.77. The molecule has 0 N–H and O–H groups in total. The molecule has 1 aromatic carbocycles. The van der Waals surface area contributed by atoms with Crippen molar-refractivity contribution in [2.75, 3.05) is 0 Å². The van der Waals surface area contributed by atoms with Crippen LogP contribution in [0.15, 0.2) is 33.5 Å². The molecule has 126 valence electrons. The predicted molar refractivity (Wildman–Crippen MR) is 101 cm³/mol. The number of aryl methyl sites for hydroxylation is 1. The molecule has 5 heteroatoms. The minimum Gasteiger partial charge on any atom is -0.293 e. The largest absolute Gasteiger partial charge is 0.293 e. The lowest BCUT2D eigenvalue weighted by molar-refractivity contribution is 0.574. The van der Waals surface area contributed by atoms with Gasteiger partial charge in [0.1, 0.15) is 5.65 Å². The maximum absolute atomic E-state index is 12.8. The van der Waals surface area contributed by atoms with Crippen LogP contribution < -0.4 is 5.56 Å². The average molecular weight is 388 g/mol. The minimum absolute atomic E-state index is 0.0693. The number of hydrogen-bond acceptors (Lipinski definition) is 2. The quantitative estimate of drug-likeness (QED) is 0.588. The molecule has 24 heavy (non-hydrogen) atoms. The molecular formula is C19H22BrN3O. The maximum atomic E-state index is 12.8. The number of nitrogens with zero attached hydrogens (tertiary/aromatic N) is 3. The van der Waals surface area contributed by atoms with Crippen LogP contribution >= 0.6 is 15.9 Å². The molecule has 0 bridgehead atoms. The Bertz CT molecular complexity index is 949. The van der Waals surface area contributed by atoms with E-state index >= 15 is 0 Å². The summed E-state index contributed by atoms with van der Waals surface area (Å²) in [5, 5.41) is 5.66. The summed E-state index contributed by atoms with van der Waals surface area (Å²) in [6.45, 7) is 2.68.